The highest BCUT2D eigenvalue weighted by Crippen LogP contribution is 2.12. The maximum atomic E-state index is 5.63. The van der Waals surface area contributed by atoms with E-state index in [-0.39, 0.29) is 0 Å². The first-order chi connectivity index (χ1) is 5.63. The van der Waals surface area contributed by atoms with Crippen LogP contribution in [0.15, 0.2) is 0 Å². The molecule has 72 valence electrons. The van der Waals surface area contributed by atoms with Gasteiger partial charge in [0.25, 0.3) is 0 Å². The topological polar surface area (TPSA) is 38.5 Å². The molecule has 3 atom stereocenters. The fourth-order valence-electron chi connectivity index (χ4n) is 1.73. The molecule has 3 nitrogen and oxygen atoms in total. The van der Waals surface area contributed by atoms with Gasteiger partial charge in [0.1, 0.15) is 0 Å². The summed E-state index contributed by atoms with van der Waals surface area (Å²) in [4.78, 5) is 2.40. The Labute approximate surface area is 74.9 Å². The second-order valence-corrected chi connectivity index (χ2v) is 3.80. The van der Waals surface area contributed by atoms with Gasteiger partial charge in [-0.1, -0.05) is 0 Å². The molecule has 12 heavy (non-hydrogen) atoms. The monoisotopic (exact) mass is 172 g/mol. The lowest BCUT2D eigenvalue weighted by Crippen LogP contribution is -2.51. The summed E-state index contributed by atoms with van der Waals surface area (Å²) < 4.78 is 5.63. The van der Waals surface area contributed by atoms with E-state index in [2.05, 4.69) is 25.7 Å². The van der Waals surface area contributed by atoms with Crippen molar-refractivity contribution in [3.8, 4) is 0 Å². The van der Waals surface area contributed by atoms with Crippen LogP contribution in [0, 0.1) is 0 Å². The van der Waals surface area contributed by atoms with Gasteiger partial charge in [-0.15, -0.1) is 0 Å². The van der Waals surface area contributed by atoms with Crippen molar-refractivity contribution < 1.29 is 4.74 Å². The molecule has 3 heteroatoms. The fourth-order valence-corrected chi connectivity index (χ4v) is 1.73. The SMILES string of the molecule is C[C@@H]1CN([C@H](C)CN)C[C@@H](C)O1. The minimum absolute atomic E-state index is 0.350. The molecule has 2 N–H and O–H groups in total. The van der Waals surface area contributed by atoms with Gasteiger partial charge >= 0.3 is 0 Å². The molecule has 1 rings (SSSR count). The second kappa shape index (κ2) is 4.21. The van der Waals surface area contributed by atoms with Gasteiger partial charge in [0.05, 0.1) is 12.2 Å². The van der Waals surface area contributed by atoms with E-state index in [9.17, 15) is 0 Å². The summed E-state index contributed by atoms with van der Waals surface area (Å²) in [5.41, 5.74) is 5.61. The van der Waals surface area contributed by atoms with Crippen molar-refractivity contribution in [3.63, 3.8) is 0 Å². The van der Waals surface area contributed by atoms with Crippen molar-refractivity contribution in [1.82, 2.24) is 4.90 Å². The van der Waals surface area contributed by atoms with Crippen molar-refractivity contribution in [3.05, 3.63) is 0 Å². The quantitative estimate of drug-likeness (QED) is 0.657. The number of ether oxygens (including phenoxy) is 1. The highest BCUT2D eigenvalue weighted by molar-refractivity contribution is 4.77. The molecule has 0 spiro atoms. The first kappa shape index (κ1) is 9.96. The normalized spacial score (nSPS) is 35.0. The minimum atomic E-state index is 0.350. The molecule has 0 aromatic rings. The zero-order valence-electron chi connectivity index (χ0n) is 8.29. The number of nitrogens with zero attached hydrogens (tertiary/aromatic N) is 1. The number of hydrogen-bond acceptors (Lipinski definition) is 3. The number of hydrogen-bond donors (Lipinski definition) is 1. The van der Waals surface area contributed by atoms with Crippen LogP contribution in [0.2, 0.25) is 0 Å². The second-order valence-electron chi connectivity index (χ2n) is 3.80. The van der Waals surface area contributed by atoms with E-state index in [1.54, 1.807) is 0 Å². The molecule has 1 fully saturated rings. The third kappa shape index (κ3) is 2.44. The predicted molar refractivity (Wildman–Crippen MR) is 50.1 cm³/mol. The van der Waals surface area contributed by atoms with Crippen LogP contribution in [0.5, 0.6) is 0 Å². The molecule has 0 bridgehead atoms. The Balaban J connectivity index is 2.43. The van der Waals surface area contributed by atoms with Gasteiger partial charge < -0.3 is 10.5 Å². The molecule has 0 aromatic carbocycles. The van der Waals surface area contributed by atoms with E-state index in [0.29, 0.717) is 18.2 Å². The zero-order chi connectivity index (χ0) is 9.14. The smallest absolute Gasteiger partial charge is 0.0678 e. The van der Waals surface area contributed by atoms with Crippen molar-refractivity contribution in [2.24, 2.45) is 5.73 Å². The van der Waals surface area contributed by atoms with Gasteiger partial charge in [-0.3, -0.25) is 4.90 Å². The van der Waals surface area contributed by atoms with Gasteiger partial charge in [-0.05, 0) is 20.8 Å². The van der Waals surface area contributed by atoms with Gasteiger partial charge in [-0.2, -0.15) is 0 Å². The number of rotatable bonds is 2. The van der Waals surface area contributed by atoms with Crippen LogP contribution in [-0.4, -0.2) is 42.8 Å². The van der Waals surface area contributed by atoms with Crippen molar-refractivity contribution >= 4 is 0 Å². The van der Waals surface area contributed by atoms with Gasteiger partial charge in [0.2, 0.25) is 0 Å². The largest absolute Gasteiger partial charge is 0.373 e. The molecule has 1 aliphatic heterocycles. The Morgan fingerprint density at radius 2 is 1.92 bits per heavy atom. The average Bonchev–Trinajstić information content (AvgIpc) is 2.01. The van der Waals surface area contributed by atoms with Crippen molar-refractivity contribution in [2.75, 3.05) is 19.6 Å². The molecular weight excluding hydrogens is 152 g/mol. The van der Waals surface area contributed by atoms with Crippen LogP contribution in [0.25, 0.3) is 0 Å². The lowest BCUT2D eigenvalue weighted by atomic mass is 10.2. The van der Waals surface area contributed by atoms with Crippen LogP contribution in [0.1, 0.15) is 20.8 Å². The molecule has 1 heterocycles. The van der Waals surface area contributed by atoms with E-state index in [1.165, 1.54) is 0 Å². The van der Waals surface area contributed by atoms with Gasteiger partial charge in [0.15, 0.2) is 0 Å². The molecule has 0 aliphatic carbocycles. The number of nitrogens with two attached hydrogens (primary N) is 1. The Morgan fingerprint density at radius 3 is 2.33 bits per heavy atom. The maximum absolute atomic E-state index is 5.63. The van der Waals surface area contributed by atoms with Crippen LogP contribution in [0.4, 0.5) is 0 Å². The molecule has 0 unspecified atom stereocenters. The van der Waals surface area contributed by atoms with Crippen LogP contribution >= 0.6 is 0 Å². The first-order valence-corrected chi connectivity index (χ1v) is 4.73. The Morgan fingerprint density at radius 1 is 1.42 bits per heavy atom. The molecule has 0 radical (unpaired) electrons. The Kier molecular flexibility index (Phi) is 3.50. The summed E-state index contributed by atoms with van der Waals surface area (Å²) in [6, 6.07) is 0.485. The van der Waals surface area contributed by atoms with Crippen molar-refractivity contribution in [1.29, 1.82) is 0 Å². The lowest BCUT2D eigenvalue weighted by Gasteiger charge is -2.38. The molecule has 0 aromatic heterocycles. The Hall–Kier alpha value is -0.120. The molecule has 0 saturated carbocycles. The highest BCUT2D eigenvalue weighted by atomic mass is 16.5. The third-order valence-corrected chi connectivity index (χ3v) is 2.41. The zero-order valence-corrected chi connectivity index (χ0v) is 8.29. The molecule has 1 saturated heterocycles. The summed E-state index contributed by atoms with van der Waals surface area (Å²) >= 11 is 0. The van der Waals surface area contributed by atoms with E-state index in [4.69, 9.17) is 10.5 Å². The first-order valence-electron chi connectivity index (χ1n) is 4.73. The van der Waals surface area contributed by atoms with Crippen LogP contribution in [0.3, 0.4) is 0 Å². The maximum Gasteiger partial charge on any atom is 0.0678 e. The van der Waals surface area contributed by atoms with Crippen LogP contribution in [-0.2, 0) is 4.74 Å². The number of morpholine rings is 1. The molecule has 0 amide bonds. The van der Waals surface area contributed by atoms with Crippen molar-refractivity contribution in [2.45, 2.75) is 39.0 Å². The summed E-state index contributed by atoms with van der Waals surface area (Å²) in [5.74, 6) is 0. The summed E-state index contributed by atoms with van der Waals surface area (Å²) in [6.45, 7) is 9.17. The fraction of sp³-hybridized carbons (Fsp3) is 1.00. The highest BCUT2D eigenvalue weighted by Gasteiger charge is 2.24. The third-order valence-electron chi connectivity index (χ3n) is 2.41. The lowest BCUT2D eigenvalue weighted by molar-refractivity contribution is -0.0773. The predicted octanol–water partition coefficient (Wildman–Crippen LogP) is 0.443. The van der Waals surface area contributed by atoms with Crippen LogP contribution < -0.4 is 5.73 Å². The van der Waals surface area contributed by atoms with E-state index in [1.807, 2.05) is 0 Å². The summed E-state index contributed by atoms with van der Waals surface area (Å²) in [5, 5.41) is 0. The summed E-state index contributed by atoms with van der Waals surface area (Å²) in [7, 11) is 0. The molecular formula is C9H20N2O. The molecule has 1 aliphatic rings. The van der Waals surface area contributed by atoms with Gasteiger partial charge in [0, 0.05) is 25.7 Å². The Bertz CT molecular complexity index is 130. The van der Waals surface area contributed by atoms with E-state index < -0.39 is 0 Å². The summed E-state index contributed by atoms with van der Waals surface area (Å²) in [6.07, 6.45) is 0.700. The average molecular weight is 172 g/mol. The van der Waals surface area contributed by atoms with Gasteiger partial charge in [-0.25, -0.2) is 0 Å². The standard InChI is InChI=1S/C9H20N2O/c1-7(4-10)11-5-8(2)12-9(3)6-11/h7-9H,4-6,10H2,1-3H3/t7-,8-,9-/m1/s1. The van der Waals surface area contributed by atoms with E-state index in [0.717, 1.165) is 19.6 Å². The minimum Gasteiger partial charge on any atom is -0.373 e. The van der Waals surface area contributed by atoms with E-state index >= 15 is 0 Å².